The van der Waals surface area contributed by atoms with E-state index in [-0.39, 0.29) is 12.2 Å². The Morgan fingerprint density at radius 3 is 2.83 bits per heavy atom. The maximum Gasteiger partial charge on any atom is 0.160 e. The van der Waals surface area contributed by atoms with Gasteiger partial charge in [0.1, 0.15) is 5.60 Å². The van der Waals surface area contributed by atoms with Crippen molar-refractivity contribution in [2.45, 2.75) is 56.5 Å². The minimum Gasteiger partial charge on any atom is -0.504 e. The number of methoxy groups -OCH3 is 1. The Labute approximate surface area is 136 Å². The van der Waals surface area contributed by atoms with Crippen LogP contribution >= 0.6 is 0 Å². The molecule has 1 aliphatic heterocycles. The van der Waals surface area contributed by atoms with E-state index in [9.17, 15) is 20.4 Å². The quantitative estimate of drug-likeness (QED) is 0.622. The van der Waals surface area contributed by atoms with E-state index in [1.54, 1.807) is 12.1 Å². The van der Waals surface area contributed by atoms with Gasteiger partial charge in [0, 0.05) is 13.0 Å². The van der Waals surface area contributed by atoms with Gasteiger partial charge in [-0.15, -0.1) is 0 Å². The monoisotopic (exact) mass is 326 g/mol. The fourth-order valence-electron chi connectivity index (χ4n) is 2.89. The summed E-state index contributed by atoms with van der Waals surface area (Å²) < 4.78 is 10.5. The Kier molecular flexibility index (Phi) is 5.86. The largest absolute Gasteiger partial charge is 0.504 e. The van der Waals surface area contributed by atoms with E-state index >= 15 is 0 Å². The van der Waals surface area contributed by atoms with Gasteiger partial charge < -0.3 is 29.9 Å². The van der Waals surface area contributed by atoms with Gasteiger partial charge in [-0.05, 0) is 43.9 Å². The lowest BCUT2D eigenvalue weighted by Gasteiger charge is -2.41. The second-order valence-corrected chi connectivity index (χ2v) is 6.32. The standard InChI is InChI=1S/C17H26O6/c1-17(21)15(20)7-8-23-16(17)10-12(18)5-3-11-4-6-14(22-2)13(19)9-11/h4,6,9,12,15-16,18-21H,3,5,7-8,10H2,1-2H3. The molecule has 4 atom stereocenters. The summed E-state index contributed by atoms with van der Waals surface area (Å²) in [7, 11) is 1.49. The highest BCUT2D eigenvalue weighted by atomic mass is 16.5. The molecule has 1 heterocycles. The molecule has 1 fully saturated rings. The lowest BCUT2D eigenvalue weighted by molar-refractivity contribution is -0.201. The van der Waals surface area contributed by atoms with E-state index in [1.165, 1.54) is 14.0 Å². The van der Waals surface area contributed by atoms with Crippen LogP contribution in [0.1, 0.15) is 31.7 Å². The average molecular weight is 326 g/mol. The third-order valence-corrected chi connectivity index (χ3v) is 4.53. The number of aliphatic hydroxyl groups excluding tert-OH is 2. The van der Waals surface area contributed by atoms with Crippen LogP contribution in [-0.2, 0) is 11.2 Å². The Balaban J connectivity index is 1.87. The highest BCUT2D eigenvalue weighted by Gasteiger charge is 2.43. The van der Waals surface area contributed by atoms with Gasteiger partial charge >= 0.3 is 0 Å². The van der Waals surface area contributed by atoms with Crippen molar-refractivity contribution < 1.29 is 29.9 Å². The molecule has 0 saturated carbocycles. The first-order chi connectivity index (χ1) is 10.8. The third kappa shape index (κ3) is 4.35. The van der Waals surface area contributed by atoms with E-state index in [0.717, 1.165) is 5.56 Å². The fraction of sp³-hybridized carbons (Fsp3) is 0.647. The molecule has 0 spiro atoms. The van der Waals surface area contributed by atoms with Gasteiger partial charge in [-0.2, -0.15) is 0 Å². The zero-order chi connectivity index (χ0) is 17.0. The number of hydrogen-bond donors (Lipinski definition) is 4. The molecular formula is C17H26O6. The number of hydrogen-bond acceptors (Lipinski definition) is 6. The summed E-state index contributed by atoms with van der Waals surface area (Å²) in [5.41, 5.74) is -0.462. The van der Waals surface area contributed by atoms with Gasteiger partial charge in [-0.3, -0.25) is 0 Å². The molecule has 0 radical (unpaired) electrons. The average Bonchev–Trinajstić information content (AvgIpc) is 2.50. The lowest BCUT2D eigenvalue weighted by Crippen LogP contribution is -2.55. The van der Waals surface area contributed by atoms with Crippen LogP contribution in [0.2, 0.25) is 0 Å². The molecule has 4 N–H and O–H groups in total. The van der Waals surface area contributed by atoms with Crippen molar-refractivity contribution in [2.24, 2.45) is 0 Å². The highest BCUT2D eigenvalue weighted by Crippen LogP contribution is 2.30. The zero-order valence-electron chi connectivity index (χ0n) is 13.6. The molecule has 2 rings (SSSR count). The Bertz CT molecular complexity index is 516. The number of aromatic hydroxyl groups is 1. The van der Waals surface area contributed by atoms with Crippen LogP contribution in [0.25, 0.3) is 0 Å². The van der Waals surface area contributed by atoms with E-state index in [2.05, 4.69) is 0 Å². The number of phenols is 1. The van der Waals surface area contributed by atoms with Crippen LogP contribution in [-0.4, -0.2) is 58.1 Å². The SMILES string of the molecule is COc1ccc(CCC(O)CC2OCCC(O)C2(C)O)cc1O. The van der Waals surface area contributed by atoms with Gasteiger partial charge in [0.15, 0.2) is 11.5 Å². The molecule has 6 nitrogen and oxygen atoms in total. The van der Waals surface area contributed by atoms with E-state index in [1.807, 2.05) is 6.07 Å². The minimum atomic E-state index is -1.35. The Morgan fingerprint density at radius 2 is 2.17 bits per heavy atom. The number of aliphatic hydroxyl groups is 3. The molecule has 0 amide bonds. The van der Waals surface area contributed by atoms with Crippen molar-refractivity contribution in [3.8, 4) is 11.5 Å². The van der Waals surface area contributed by atoms with Gasteiger partial charge in [-0.1, -0.05) is 6.07 Å². The summed E-state index contributed by atoms with van der Waals surface area (Å²) in [5, 5.41) is 40.1. The van der Waals surface area contributed by atoms with E-state index in [4.69, 9.17) is 9.47 Å². The first-order valence-corrected chi connectivity index (χ1v) is 7.90. The molecule has 4 unspecified atom stereocenters. The van der Waals surface area contributed by atoms with Gasteiger partial charge in [0.05, 0.1) is 25.4 Å². The molecule has 0 aliphatic carbocycles. The molecule has 1 aliphatic rings. The van der Waals surface area contributed by atoms with Crippen LogP contribution in [0.3, 0.4) is 0 Å². The Morgan fingerprint density at radius 1 is 1.43 bits per heavy atom. The van der Waals surface area contributed by atoms with Crippen LogP contribution in [0.4, 0.5) is 0 Å². The summed E-state index contributed by atoms with van der Waals surface area (Å²) in [6.45, 7) is 1.91. The predicted molar refractivity (Wildman–Crippen MR) is 84.6 cm³/mol. The number of benzene rings is 1. The molecule has 1 saturated heterocycles. The van der Waals surface area contributed by atoms with Crippen LogP contribution in [0, 0.1) is 0 Å². The normalized spacial score (nSPS) is 29.3. The van der Waals surface area contributed by atoms with Crippen LogP contribution in [0.15, 0.2) is 18.2 Å². The molecule has 0 bridgehead atoms. The van der Waals surface area contributed by atoms with Crippen molar-refractivity contribution in [3.05, 3.63) is 23.8 Å². The fourth-order valence-corrected chi connectivity index (χ4v) is 2.89. The van der Waals surface area contributed by atoms with Crippen molar-refractivity contribution in [2.75, 3.05) is 13.7 Å². The first-order valence-electron chi connectivity index (χ1n) is 7.90. The molecule has 6 heteroatoms. The van der Waals surface area contributed by atoms with E-state index in [0.29, 0.717) is 31.6 Å². The minimum absolute atomic E-state index is 0.0705. The first kappa shape index (κ1) is 18.0. The molecule has 23 heavy (non-hydrogen) atoms. The van der Waals surface area contributed by atoms with Gasteiger partial charge in [0.2, 0.25) is 0 Å². The topological polar surface area (TPSA) is 99.4 Å². The van der Waals surface area contributed by atoms with Gasteiger partial charge in [-0.25, -0.2) is 0 Å². The second kappa shape index (κ2) is 7.49. The highest BCUT2D eigenvalue weighted by molar-refractivity contribution is 5.41. The summed E-state index contributed by atoms with van der Waals surface area (Å²) in [5.74, 6) is 0.482. The number of aryl methyl sites for hydroxylation is 1. The van der Waals surface area contributed by atoms with Crippen LogP contribution < -0.4 is 4.74 Å². The van der Waals surface area contributed by atoms with Crippen molar-refractivity contribution in [1.29, 1.82) is 0 Å². The maximum absolute atomic E-state index is 10.3. The summed E-state index contributed by atoms with van der Waals surface area (Å²) >= 11 is 0. The second-order valence-electron chi connectivity index (χ2n) is 6.32. The molecule has 130 valence electrons. The van der Waals surface area contributed by atoms with Crippen molar-refractivity contribution >= 4 is 0 Å². The molecule has 0 aromatic heterocycles. The predicted octanol–water partition coefficient (Wildman–Crippen LogP) is 0.985. The Hall–Kier alpha value is -1.34. The van der Waals surface area contributed by atoms with Gasteiger partial charge in [0.25, 0.3) is 0 Å². The lowest BCUT2D eigenvalue weighted by atomic mass is 9.84. The number of ether oxygens (including phenoxy) is 2. The third-order valence-electron chi connectivity index (χ3n) is 4.53. The molecule has 1 aromatic rings. The van der Waals surface area contributed by atoms with Crippen molar-refractivity contribution in [3.63, 3.8) is 0 Å². The zero-order valence-corrected chi connectivity index (χ0v) is 13.6. The molecular weight excluding hydrogens is 300 g/mol. The summed E-state index contributed by atoms with van der Waals surface area (Å²) in [6, 6.07) is 5.13. The summed E-state index contributed by atoms with van der Waals surface area (Å²) in [6.07, 6.45) is -0.399. The number of rotatable bonds is 6. The smallest absolute Gasteiger partial charge is 0.160 e. The van der Waals surface area contributed by atoms with E-state index < -0.39 is 23.9 Å². The van der Waals surface area contributed by atoms with Crippen molar-refractivity contribution in [1.82, 2.24) is 0 Å². The number of phenolic OH excluding ortho intramolecular Hbond substituents is 1. The molecule has 1 aromatic carbocycles. The van der Waals surface area contributed by atoms with Crippen LogP contribution in [0.5, 0.6) is 11.5 Å². The summed E-state index contributed by atoms with van der Waals surface area (Å²) in [4.78, 5) is 0. The maximum atomic E-state index is 10.3.